The molecule has 1 aromatic carbocycles. The highest BCUT2D eigenvalue weighted by atomic mass is 19.3. The number of carbonyl (C=O) groups excluding carboxylic acids is 1. The normalized spacial score (nSPS) is 11.9. The van der Waals surface area contributed by atoms with Crippen LogP contribution in [0.5, 0.6) is 0 Å². The summed E-state index contributed by atoms with van der Waals surface area (Å²) in [5.74, 6) is -0.198. The fourth-order valence-electron chi connectivity index (χ4n) is 3.94. The average Bonchev–Trinajstić information content (AvgIpc) is 3.57. The standard InChI is InChI=1S/C24H26F4N6O2/c1-3-32(4-2)11-12-33-18-8-6-5-7-16(18)29-24(33)30-23(35)20-10-9-15(36-20)14-34-19(22(27)28)13-17(31-34)21(25)26/h5-10,13,21-22H,3-4,11-12,14H2,1-2H3,(H,29,30,35). The fraction of sp³-hybridized carbons (Fsp3) is 0.375. The summed E-state index contributed by atoms with van der Waals surface area (Å²) in [5.41, 5.74) is 0.182. The number of fused-ring (bicyclic) bond motifs is 1. The van der Waals surface area contributed by atoms with Crippen LogP contribution in [0.15, 0.2) is 46.9 Å². The van der Waals surface area contributed by atoms with Crippen LogP contribution >= 0.6 is 0 Å². The van der Waals surface area contributed by atoms with Crippen molar-refractivity contribution in [3.05, 3.63) is 65.4 Å². The van der Waals surface area contributed by atoms with Gasteiger partial charge in [0.2, 0.25) is 5.95 Å². The van der Waals surface area contributed by atoms with Gasteiger partial charge in [-0.15, -0.1) is 0 Å². The Kier molecular flexibility index (Phi) is 7.73. The van der Waals surface area contributed by atoms with Crippen LogP contribution in [0.1, 0.15) is 54.4 Å². The molecule has 3 aromatic heterocycles. The molecule has 4 aromatic rings. The lowest BCUT2D eigenvalue weighted by atomic mass is 10.3. The van der Waals surface area contributed by atoms with E-state index in [2.05, 4.69) is 34.1 Å². The first-order valence-corrected chi connectivity index (χ1v) is 11.5. The van der Waals surface area contributed by atoms with Gasteiger partial charge in [-0.25, -0.2) is 22.5 Å². The number of para-hydroxylation sites is 2. The lowest BCUT2D eigenvalue weighted by Crippen LogP contribution is -2.27. The zero-order valence-electron chi connectivity index (χ0n) is 19.8. The summed E-state index contributed by atoms with van der Waals surface area (Å²) in [6, 6.07) is 11.0. The van der Waals surface area contributed by atoms with Crippen molar-refractivity contribution in [3.63, 3.8) is 0 Å². The van der Waals surface area contributed by atoms with Gasteiger partial charge < -0.3 is 13.9 Å². The number of furan rings is 1. The molecule has 0 unspecified atom stereocenters. The largest absolute Gasteiger partial charge is 0.454 e. The maximum absolute atomic E-state index is 13.3. The SMILES string of the molecule is CCN(CC)CCn1c(NC(=O)c2ccc(Cn3nc(C(F)F)cc3C(F)F)o2)nc2ccccc21. The van der Waals surface area contributed by atoms with Gasteiger partial charge in [0.25, 0.3) is 18.8 Å². The molecular weight excluding hydrogens is 480 g/mol. The number of imidazole rings is 1. The predicted octanol–water partition coefficient (Wildman–Crippen LogP) is 5.34. The summed E-state index contributed by atoms with van der Waals surface area (Å²) >= 11 is 0. The molecule has 0 spiro atoms. The van der Waals surface area contributed by atoms with Crippen molar-refractivity contribution in [1.82, 2.24) is 24.2 Å². The van der Waals surface area contributed by atoms with Gasteiger partial charge in [-0.05, 0) is 43.4 Å². The second-order valence-corrected chi connectivity index (χ2v) is 8.08. The summed E-state index contributed by atoms with van der Waals surface area (Å²) in [7, 11) is 0. The van der Waals surface area contributed by atoms with Gasteiger partial charge in [-0.3, -0.25) is 14.8 Å². The van der Waals surface area contributed by atoms with Gasteiger partial charge in [0.05, 0.1) is 17.6 Å². The minimum absolute atomic E-state index is 0.0767. The topological polar surface area (TPSA) is 81.1 Å². The predicted molar refractivity (Wildman–Crippen MR) is 125 cm³/mol. The Morgan fingerprint density at radius 1 is 1.08 bits per heavy atom. The first-order chi connectivity index (χ1) is 17.3. The number of alkyl halides is 4. The second-order valence-electron chi connectivity index (χ2n) is 8.08. The first kappa shape index (κ1) is 25.4. The number of anilines is 1. The van der Waals surface area contributed by atoms with Crippen LogP contribution in [0.25, 0.3) is 11.0 Å². The summed E-state index contributed by atoms with van der Waals surface area (Å²) in [5, 5.41) is 6.30. The minimum Gasteiger partial charge on any atom is -0.454 e. The zero-order valence-corrected chi connectivity index (χ0v) is 19.8. The van der Waals surface area contributed by atoms with E-state index in [9.17, 15) is 22.4 Å². The van der Waals surface area contributed by atoms with Gasteiger partial charge >= 0.3 is 0 Å². The van der Waals surface area contributed by atoms with Crippen LogP contribution in [0.2, 0.25) is 0 Å². The van der Waals surface area contributed by atoms with Crippen LogP contribution in [0.4, 0.5) is 23.5 Å². The molecule has 0 aliphatic rings. The lowest BCUT2D eigenvalue weighted by molar-refractivity contribution is 0.0992. The Bertz CT molecular complexity index is 1330. The molecule has 36 heavy (non-hydrogen) atoms. The maximum atomic E-state index is 13.3. The molecule has 0 radical (unpaired) electrons. The fourth-order valence-corrected chi connectivity index (χ4v) is 3.94. The van der Waals surface area contributed by atoms with E-state index in [1.807, 2.05) is 28.8 Å². The first-order valence-electron chi connectivity index (χ1n) is 11.5. The van der Waals surface area contributed by atoms with Gasteiger partial charge in [0.1, 0.15) is 17.1 Å². The Morgan fingerprint density at radius 3 is 2.53 bits per heavy atom. The van der Waals surface area contributed by atoms with Crippen molar-refractivity contribution < 1.29 is 26.8 Å². The number of amides is 1. The van der Waals surface area contributed by atoms with E-state index in [1.54, 1.807) is 0 Å². The highest BCUT2D eigenvalue weighted by molar-refractivity contribution is 6.02. The molecule has 0 atom stereocenters. The van der Waals surface area contributed by atoms with Crippen molar-refractivity contribution in [2.24, 2.45) is 0 Å². The Hall–Kier alpha value is -3.67. The molecule has 4 rings (SSSR count). The van der Waals surface area contributed by atoms with Gasteiger partial charge in [0, 0.05) is 13.1 Å². The van der Waals surface area contributed by atoms with Gasteiger partial charge in [-0.1, -0.05) is 26.0 Å². The quantitative estimate of drug-likeness (QED) is 0.278. The maximum Gasteiger partial charge on any atom is 0.293 e. The number of aromatic nitrogens is 4. The molecule has 8 nitrogen and oxygen atoms in total. The molecule has 0 saturated heterocycles. The summed E-state index contributed by atoms with van der Waals surface area (Å²) in [6.45, 7) is 6.97. The van der Waals surface area contributed by atoms with Crippen molar-refractivity contribution in [3.8, 4) is 0 Å². The highest BCUT2D eigenvalue weighted by Crippen LogP contribution is 2.26. The monoisotopic (exact) mass is 506 g/mol. The molecule has 0 saturated carbocycles. The number of rotatable bonds is 11. The number of nitrogens with zero attached hydrogens (tertiary/aromatic N) is 5. The number of benzene rings is 1. The molecule has 1 amide bonds. The lowest BCUT2D eigenvalue weighted by Gasteiger charge is -2.19. The number of nitrogens with one attached hydrogen (secondary N) is 1. The number of halogens is 4. The average molecular weight is 507 g/mol. The van der Waals surface area contributed by atoms with E-state index in [0.29, 0.717) is 18.6 Å². The van der Waals surface area contributed by atoms with E-state index >= 15 is 0 Å². The molecule has 0 bridgehead atoms. The number of carbonyl (C=O) groups is 1. The molecule has 12 heteroatoms. The molecule has 1 N–H and O–H groups in total. The Labute approximate surface area is 204 Å². The summed E-state index contributed by atoms with van der Waals surface area (Å²) in [6.07, 6.45) is -5.98. The molecule has 0 fully saturated rings. The van der Waals surface area contributed by atoms with Crippen molar-refractivity contribution >= 4 is 22.9 Å². The van der Waals surface area contributed by atoms with E-state index in [0.717, 1.165) is 35.3 Å². The second kappa shape index (κ2) is 10.9. The van der Waals surface area contributed by atoms with E-state index in [1.165, 1.54) is 12.1 Å². The van der Waals surface area contributed by atoms with Crippen LogP contribution in [0, 0.1) is 0 Å². The molecule has 0 aliphatic heterocycles. The minimum atomic E-state index is -2.99. The number of likely N-dealkylation sites (N-methyl/N-ethyl adjacent to an activating group) is 1. The molecule has 3 heterocycles. The molecular formula is C24H26F4N6O2. The molecule has 0 aliphatic carbocycles. The summed E-state index contributed by atoms with van der Waals surface area (Å²) < 4.78 is 60.5. The van der Waals surface area contributed by atoms with Crippen LogP contribution in [0.3, 0.4) is 0 Å². The van der Waals surface area contributed by atoms with Crippen molar-refractivity contribution in [2.45, 2.75) is 39.8 Å². The number of hydrogen-bond acceptors (Lipinski definition) is 5. The van der Waals surface area contributed by atoms with Crippen LogP contribution in [-0.2, 0) is 13.1 Å². The van der Waals surface area contributed by atoms with Gasteiger partial charge in [-0.2, -0.15) is 5.10 Å². The van der Waals surface area contributed by atoms with Gasteiger partial charge in [0.15, 0.2) is 5.76 Å². The van der Waals surface area contributed by atoms with E-state index in [4.69, 9.17) is 4.42 Å². The third-order valence-electron chi connectivity index (χ3n) is 5.88. The van der Waals surface area contributed by atoms with Crippen molar-refractivity contribution in [2.75, 3.05) is 25.0 Å². The third-order valence-corrected chi connectivity index (χ3v) is 5.88. The number of hydrogen-bond donors (Lipinski definition) is 1. The van der Waals surface area contributed by atoms with E-state index < -0.39 is 30.1 Å². The summed E-state index contributed by atoms with van der Waals surface area (Å²) in [4.78, 5) is 19.7. The molecule has 192 valence electrons. The Morgan fingerprint density at radius 2 is 1.83 bits per heavy atom. The van der Waals surface area contributed by atoms with Crippen LogP contribution < -0.4 is 5.32 Å². The third kappa shape index (κ3) is 5.43. The highest BCUT2D eigenvalue weighted by Gasteiger charge is 2.23. The zero-order chi connectivity index (χ0) is 25.8. The van der Waals surface area contributed by atoms with E-state index in [-0.39, 0.29) is 18.1 Å². The smallest absolute Gasteiger partial charge is 0.293 e. The Balaban J connectivity index is 1.53. The van der Waals surface area contributed by atoms with Crippen LogP contribution in [-0.4, -0.2) is 49.8 Å². The van der Waals surface area contributed by atoms with Crippen molar-refractivity contribution in [1.29, 1.82) is 0 Å².